The van der Waals surface area contributed by atoms with Crippen molar-refractivity contribution < 1.29 is 4.79 Å². The van der Waals surface area contributed by atoms with E-state index in [0.717, 1.165) is 24.3 Å². The highest BCUT2D eigenvalue weighted by Gasteiger charge is 2.08. The number of carbonyl (C=O) groups is 1. The third-order valence-electron chi connectivity index (χ3n) is 2.65. The Morgan fingerprint density at radius 3 is 2.65 bits per heavy atom. The third-order valence-corrected chi connectivity index (χ3v) is 2.65. The highest BCUT2D eigenvalue weighted by molar-refractivity contribution is 5.89. The van der Waals surface area contributed by atoms with Gasteiger partial charge in [0.2, 0.25) is 0 Å². The molecule has 0 aliphatic carbocycles. The van der Waals surface area contributed by atoms with Crippen molar-refractivity contribution in [1.82, 2.24) is 10.2 Å². The molecule has 2 amide bonds. The average molecular weight is 235 g/mol. The molecule has 0 unspecified atom stereocenters. The number of urea groups is 1. The molecule has 0 aliphatic rings. The largest absolute Gasteiger partial charge is 0.328 e. The molecule has 0 atom stereocenters. The van der Waals surface area contributed by atoms with E-state index in [0.29, 0.717) is 6.54 Å². The smallest absolute Gasteiger partial charge is 0.321 e. The normalized spacial score (nSPS) is 10.1. The predicted molar refractivity (Wildman–Crippen MR) is 71.1 cm³/mol. The van der Waals surface area contributed by atoms with Crippen LogP contribution in [0, 0.1) is 0 Å². The van der Waals surface area contributed by atoms with Gasteiger partial charge in [0, 0.05) is 25.8 Å². The number of anilines is 1. The molecule has 1 rings (SSSR count). The molecule has 0 radical (unpaired) electrons. The molecule has 0 saturated carbocycles. The lowest BCUT2D eigenvalue weighted by Crippen LogP contribution is -2.31. The van der Waals surface area contributed by atoms with Crippen LogP contribution < -0.4 is 10.6 Å². The SMILES string of the molecule is CCNCc1ccccc1NC(=O)N(C)CC. The van der Waals surface area contributed by atoms with Crippen molar-refractivity contribution in [3.8, 4) is 0 Å². The maximum absolute atomic E-state index is 11.8. The molecule has 4 nitrogen and oxygen atoms in total. The fourth-order valence-electron chi connectivity index (χ4n) is 1.41. The Morgan fingerprint density at radius 1 is 1.29 bits per heavy atom. The van der Waals surface area contributed by atoms with Crippen molar-refractivity contribution in [2.75, 3.05) is 25.5 Å². The minimum Gasteiger partial charge on any atom is -0.328 e. The Labute approximate surface area is 103 Å². The van der Waals surface area contributed by atoms with E-state index >= 15 is 0 Å². The van der Waals surface area contributed by atoms with Crippen molar-refractivity contribution in [3.05, 3.63) is 29.8 Å². The van der Waals surface area contributed by atoms with Crippen LogP contribution in [-0.2, 0) is 6.54 Å². The van der Waals surface area contributed by atoms with Gasteiger partial charge in [0.15, 0.2) is 0 Å². The van der Waals surface area contributed by atoms with Crippen LogP contribution in [0.2, 0.25) is 0 Å². The molecule has 0 heterocycles. The molecule has 0 spiro atoms. The van der Waals surface area contributed by atoms with Crippen LogP contribution in [0.4, 0.5) is 10.5 Å². The zero-order valence-corrected chi connectivity index (χ0v) is 10.8. The van der Waals surface area contributed by atoms with Gasteiger partial charge in [-0.3, -0.25) is 0 Å². The summed E-state index contributed by atoms with van der Waals surface area (Å²) in [7, 11) is 1.78. The standard InChI is InChI=1S/C13H21N3O/c1-4-14-10-11-8-6-7-9-12(11)15-13(17)16(3)5-2/h6-9,14H,4-5,10H2,1-3H3,(H,15,17). The second-order valence-corrected chi connectivity index (χ2v) is 3.88. The summed E-state index contributed by atoms with van der Waals surface area (Å²) in [6.07, 6.45) is 0. The molecular weight excluding hydrogens is 214 g/mol. The van der Waals surface area contributed by atoms with Crippen LogP contribution >= 0.6 is 0 Å². The quantitative estimate of drug-likeness (QED) is 0.822. The van der Waals surface area contributed by atoms with Gasteiger partial charge in [-0.05, 0) is 25.1 Å². The first-order valence-electron chi connectivity index (χ1n) is 5.99. The highest BCUT2D eigenvalue weighted by atomic mass is 16.2. The van der Waals surface area contributed by atoms with Gasteiger partial charge in [-0.2, -0.15) is 0 Å². The topological polar surface area (TPSA) is 44.4 Å². The van der Waals surface area contributed by atoms with Crippen molar-refractivity contribution in [3.63, 3.8) is 0 Å². The van der Waals surface area contributed by atoms with Crippen molar-refractivity contribution in [2.45, 2.75) is 20.4 Å². The minimum atomic E-state index is -0.0727. The van der Waals surface area contributed by atoms with Crippen LogP contribution in [0.3, 0.4) is 0 Å². The van der Waals surface area contributed by atoms with E-state index < -0.39 is 0 Å². The zero-order chi connectivity index (χ0) is 12.7. The number of rotatable bonds is 5. The summed E-state index contributed by atoms with van der Waals surface area (Å²) in [4.78, 5) is 13.4. The van der Waals surface area contributed by atoms with Crippen LogP contribution in [0.5, 0.6) is 0 Å². The number of carbonyl (C=O) groups excluding carboxylic acids is 1. The predicted octanol–water partition coefficient (Wildman–Crippen LogP) is 2.28. The Kier molecular flexibility index (Phi) is 5.49. The number of nitrogens with one attached hydrogen (secondary N) is 2. The Hall–Kier alpha value is -1.55. The van der Waals surface area contributed by atoms with Gasteiger partial charge >= 0.3 is 6.03 Å². The molecule has 0 bridgehead atoms. The fourth-order valence-corrected chi connectivity index (χ4v) is 1.41. The molecule has 0 aromatic heterocycles. The maximum Gasteiger partial charge on any atom is 0.321 e. The second kappa shape index (κ2) is 6.91. The van der Waals surface area contributed by atoms with Crippen LogP contribution in [0.25, 0.3) is 0 Å². The molecule has 0 saturated heterocycles. The monoisotopic (exact) mass is 235 g/mol. The summed E-state index contributed by atoms with van der Waals surface area (Å²) >= 11 is 0. The summed E-state index contributed by atoms with van der Waals surface area (Å²) in [6, 6.07) is 7.78. The number of benzene rings is 1. The number of para-hydroxylation sites is 1. The zero-order valence-electron chi connectivity index (χ0n) is 10.8. The van der Waals surface area contributed by atoms with E-state index in [1.54, 1.807) is 11.9 Å². The van der Waals surface area contributed by atoms with Gasteiger partial charge in [-0.1, -0.05) is 25.1 Å². The lowest BCUT2D eigenvalue weighted by atomic mass is 10.2. The molecule has 17 heavy (non-hydrogen) atoms. The minimum absolute atomic E-state index is 0.0727. The van der Waals surface area contributed by atoms with Gasteiger partial charge < -0.3 is 15.5 Å². The van der Waals surface area contributed by atoms with Crippen molar-refractivity contribution in [1.29, 1.82) is 0 Å². The van der Waals surface area contributed by atoms with Gasteiger partial charge in [-0.15, -0.1) is 0 Å². The lowest BCUT2D eigenvalue weighted by Gasteiger charge is -2.17. The Morgan fingerprint density at radius 2 is 2.00 bits per heavy atom. The van der Waals surface area contributed by atoms with Crippen LogP contribution in [-0.4, -0.2) is 31.1 Å². The summed E-state index contributed by atoms with van der Waals surface area (Å²) in [5.41, 5.74) is 1.98. The van der Waals surface area contributed by atoms with Gasteiger partial charge in [0.25, 0.3) is 0 Å². The van der Waals surface area contributed by atoms with Gasteiger partial charge in [-0.25, -0.2) is 4.79 Å². The second-order valence-electron chi connectivity index (χ2n) is 3.88. The van der Waals surface area contributed by atoms with E-state index in [4.69, 9.17) is 0 Å². The molecule has 0 fully saturated rings. The molecule has 4 heteroatoms. The maximum atomic E-state index is 11.8. The van der Waals surface area contributed by atoms with E-state index in [2.05, 4.69) is 17.6 Å². The number of nitrogens with zero attached hydrogens (tertiary/aromatic N) is 1. The van der Waals surface area contributed by atoms with Crippen molar-refractivity contribution in [2.24, 2.45) is 0 Å². The highest BCUT2D eigenvalue weighted by Crippen LogP contribution is 2.15. The van der Waals surface area contributed by atoms with Gasteiger partial charge in [0.05, 0.1) is 0 Å². The first-order chi connectivity index (χ1) is 8.19. The average Bonchev–Trinajstić information content (AvgIpc) is 2.36. The van der Waals surface area contributed by atoms with E-state index in [9.17, 15) is 4.79 Å². The van der Waals surface area contributed by atoms with E-state index in [-0.39, 0.29) is 6.03 Å². The molecular formula is C13H21N3O. The molecule has 2 N–H and O–H groups in total. The summed E-state index contributed by atoms with van der Waals surface area (Å²) in [5, 5.41) is 6.17. The molecule has 1 aromatic carbocycles. The fraction of sp³-hybridized carbons (Fsp3) is 0.462. The lowest BCUT2D eigenvalue weighted by molar-refractivity contribution is 0.224. The summed E-state index contributed by atoms with van der Waals surface area (Å²) < 4.78 is 0. The molecule has 94 valence electrons. The Balaban J connectivity index is 2.72. The van der Waals surface area contributed by atoms with Crippen LogP contribution in [0.15, 0.2) is 24.3 Å². The Bertz CT molecular complexity index is 365. The molecule has 1 aromatic rings. The van der Waals surface area contributed by atoms with Crippen molar-refractivity contribution >= 4 is 11.7 Å². The third kappa shape index (κ3) is 4.07. The van der Waals surface area contributed by atoms with E-state index in [1.807, 2.05) is 31.2 Å². The summed E-state index contributed by atoms with van der Waals surface area (Å²) in [6.45, 7) is 6.39. The van der Waals surface area contributed by atoms with Crippen LogP contribution in [0.1, 0.15) is 19.4 Å². The number of hydrogen-bond donors (Lipinski definition) is 2. The van der Waals surface area contributed by atoms with E-state index in [1.165, 1.54) is 0 Å². The van der Waals surface area contributed by atoms with Gasteiger partial charge in [0.1, 0.15) is 0 Å². The first kappa shape index (κ1) is 13.5. The first-order valence-corrected chi connectivity index (χ1v) is 5.99. The number of amides is 2. The number of hydrogen-bond acceptors (Lipinski definition) is 2. The molecule has 0 aliphatic heterocycles. The summed E-state index contributed by atoms with van der Waals surface area (Å²) in [5.74, 6) is 0.